The summed E-state index contributed by atoms with van der Waals surface area (Å²) >= 11 is 0. The van der Waals surface area contributed by atoms with Crippen LogP contribution in [0, 0.1) is 19.8 Å². The molecule has 1 aromatic carbocycles. The number of fused-ring (bicyclic) bond motifs is 1. The summed E-state index contributed by atoms with van der Waals surface area (Å²) in [7, 11) is 0. The van der Waals surface area contributed by atoms with Gasteiger partial charge in [-0.25, -0.2) is 4.98 Å². The van der Waals surface area contributed by atoms with Crippen molar-refractivity contribution in [1.82, 2.24) is 14.3 Å². The standard InChI is InChI=1S/C23H26N4O2/c1-15-10-13-26(14-11-15)23(29)20-18-9-4-5-12-27(18)21(24-20)22(28)25-19-16(2)7-6-8-17(19)3/h4-9,12,15H,10-11,13-14H2,1-3H3,(H,25,28). The van der Waals surface area contributed by atoms with Gasteiger partial charge in [0.1, 0.15) is 0 Å². The molecule has 2 amide bonds. The van der Waals surface area contributed by atoms with Gasteiger partial charge < -0.3 is 10.2 Å². The molecule has 0 spiro atoms. The molecule has 1 saturated heterocycles. The molecule has 4 rings (SSSR count). The summed E-state index contributed by atoms with van der Waals surface area (Å²) in [5.74, 6) is 0.426. The number of nitrogens with zero attached hydrogens (tertiary/aromatic N) is 3. The molecule has 1 N–H and O–H groups in total. The molecule has 6 nitrogen and oxygen atoms in total. The van der Waals surface area contributed by atoms with E-state index in [4.69, 9.17) is 0 Å². The van der Waals surface area contributed by atoms with Crippen molar-refractivity contribution >= 4 is 23.0 Å². The van der Waals surface area contributed by atoms with E-state index in [-0.39, 0.29) is 17.6 Å². The maximum atomic E-state index is 13.1. The molecule has 2 aromatic heterocycles. The van der Waals surface area contributed by atoms with Crippen molar-refractivity contribution in [3.8, 4) is 0 Å². The number of hydrogen-bond donors (Lipinski definition) is 1. The van der Waals surface area contributed by atoms with Gasteiger partial charge in [-0.3, -0.25) is 14.0 Å². The van der Waals surface area contributed by atoms with E-state index in [1.165, 1.54) is 0 Å². The molecular formula is C23H26N4O2. The van der Waals surface area contributed by atoms with Crippen molar-refractivity contribution in [1.29, 1.82) is 0 Å². The van der Waals surface area contributed by atoms with Crippen molar-refractivity contribution < 1.29 is 9.59 Å². The fourth-order valence-electron chi connectivity index (χ4n) is 3.90. The summed E-state index contributed by atoms with van der Waals surface area (Å²) in [4.78, 5) is 32.6. The number of aryl methyl sites for hydroxylation is 2. The molecule has 3 aromatic rings. The molecule has 3 heterocycles. The molecule has 0 saturated carbocycles. The predicted octanol–water partition coefficient (Wildman–Crippen LogP) is 4.08. The number of hydrogen-bond acceptors (Lipinski definition) is 3. The highest BCUT2D eigenvalue weighted by Crippen LogP contribution is 2.23. The molecule has 29 heavy (non-hydrogen) atoms. The summed E-state index contributed by atoms with van der Waals surface area (Å²) in [6.45, 7) is 7.59. The first-order chi connectivity index (χ1) is 14.0. The van der Waals surface area contributed by atoms with E-state index in [0.29, 0.717) is 17.1 Å². The van der Waals surface area contributed by atoms with Crippen molar-refractivity contribution in [2.24, 2.45) is 5.92 Å². The van der Waals surface area contributed by atoms with Gasteiger partial charge in [0, 0.05) is 25.0 Å². The summed E-state index contributed by atoms with van der Waals surface area (Å²) in [5.41, 5.74) is 3.74. The Kier molecular flexibility index (Phi) is 5.09. The Balaban J connectivity index is 1.69. The number of aromatic nitrogens is 2. The van der Waals surface area contributed by atoms with Crippen molar-refractivity contribution in [3.63, 3.8) is 0 Å². The van der Waals surface area contributed by atoms with Crippen LogP contribution in [0.25, 0.3) is 5.52 Å². The number of nitrogens with one attached hydrogen (secondary N) is 1. The Labute approximate surface area is 170 Å². The van der Waals surface area contributed by atoms with Crippen LogP contribution in [-0.4, -0.2) is 39.2 Å². The lowest BCUT2D eigenvalue weighted by atomic mass is 9.99. The number of carbonyl (C=O) groups is 2. The van der Waals surface area contributed by atoms with Crippen LogP contribution in [0.3, 0.4) is 0 Å². The minimum Gasteiger partial charge on any atom is -0.337 e. The third kappa shape index (κ3) is 3.62. The molecule has 150 valence electrons. The first-order valence-corrected chi connectivity index (χ1v) is 10.1. The van der Waals surface area contributed by atoms with E-state index in [1.807, 2.05) is 55.1 Å². The van der Waals surface area contributed by atoms with Crippen LogP contribution >= 0.6 is 0 Å². The van der Waals surface area contributed by atoms with E-state index >= 15 is 0 Å². The summed E-state index contributed by atoms with van der Waals surface area (Å²) < 4.78 is 1.70. The highest BCUT2D eigenvalue weighted by molar-refractivity contribution is 6.06. The molecule has 0 aliphatic carbocycles. The van der Waals surface area contributed by atoms with Gasteiger partial charge in [-0.1, -0.05) is 31.2 Å². The van der Waals surface area contributed by atoms with E-state index in [0.717, 1.165) is 42.7 Å². The number of amides is 2. The normalized spacial score (nSPS) is 14.9. The van der Waals surface area contributed by atoms with Crippen LogP contribution in [0.1, 0.15) is 52.0 Å². The van der Waals surface area contributed by atoms with E-state index < -0.39 is 0 Å². The number of imidazole rings is 1. The quantitative estimate of drug-likeness (QED) is 0.733. The second kappa shape index (κ2) is 7.70. The SMILES string of the molecule is Cc1cccc(C)c1NC(=O)c1nc(C(=O)N2CCC(C)CC2)c2ccccn12. The highest BCUT2D eigenvalue weighted by atomic mass is 16.2. The minimum absolute atomic E-state index is 0.105. The lowest BCUT2D eigenvalue weighted by molar-refractivity contribution is 0.0694. The van der Waals surface area contributed by atoms with Gasteiger partial charge in [-0.05, 0) is 55.9 Å². The Morgan fingerprint density at radius 1 is 1.03 bits per heavy atom. The minimum atomic E-state index is -0.324. The first-order valence-electron chi connectivity index (χ1n) is 10.1. The zero-order valence-electron chi connectivity index (χ0n) is 17.1. The van der Waals surface area contributed by atoms with Gasteiger partial charge >= 0.3 is 0 Å². The first kappa shape index (κ1) is 19.2. The molecule has 6 heteroatoms. The molecule has 0 radical (unpaired) electrons. The lowest BCUT2D eigenvalue weighted by Gasteiger charge is -2.29. The number of carbonyl (C=O) groups excluding carboxylic acids is 2. The molecule has 1 fully saturated rings. The number of piperidine rings is 1. The fraction of sp³-hybridized carbons (Fsp3) is 0.348. The van der Waals surface area contributed by atoms with Gasteiger partial charge in [0.15, 0.2) is 5.69 Å². The highest BCUT2D eigenvalue weighted by Gasteiger charge is 2.27. The Hall–Kier alpha value is -3.15. The molecule has 1 aliphatic rings. The average molecular weight is 390 g/mol. The number of anilines is 1. The zero-order valence-corrected chi connectivity index (χ0v) is 17.1. The van der Waals surface area contributed by atoms with E-state index in [1.54, 1.807) is 10.6 Å². The van der Waals surface area contributed by atoms with Gasteiger partial charge in [-0.15, -0.1) is 0 Å². The average Bonchev–Trinajstić information content (AvgIpc) is 3.11. The van der Waals surface area contributed by atoms with E-state index in [9.17, 15) is 9.59 Å². The smallest absolute Gasteiger partial charge is 0.292 e. The largest absolute Gasteiger partial charge is 0.337 e. The van der Waals surface area contributed by atoms with Crippen LogP contribution in [0.2, 0.25) is 0 Å². The van der Waals surface area contributed by atoms with Crippen LogP contribution in [-0.2, 0) is 0 Å². The van der Waals surface area contributed by atoms with Crippen molar-refractivity contribution in [2.45, 2.75) is 33.6 Å². The number of rotatable bonds is 3. The maximum Gasteiger partial charge on any atom is 0.292 e. The number of para-hydroxylation sites is 1. The number of pyridine rings is 1. The van der Waals surface area contributed by atoms with Gasteiger partial charge in [-0.2, -0.15) is 0 Å². The monoisotopic (exact) mass is 390 g/mol. The van der Waals surface area contributed by atoms with Gasteiger partial charge in [0.2, 0.25) is 5.82 Å². The number of likely N-dealkylation sites (tertiary alicyclic amines) is 1. The zero-order chi connectivity index (χ0) is 20.5. The summed E-state index contributed by atoms with van der Waals surface area (Å²) in [6.07, 6.45) is 3.77. The van der Waals surface area contributed by atoms with Gasteiger partial charge in [0.25, 0.3) is 11.8 Å². The summed E-state index contributed by atoms with van der Waals surface area (Å²) in [6, 6.07) is 11.4. The summed E-state index contributed by atoms with van der Waals surface area (Å²) in [5, 5.41) is 2.98. The van der Waals surface area contributed by atoms with Crippen LogP contribution in [0.4, 0.5) is 5.69 Å². The third-order valence-electron chi connectivity index (χ3n) is 5.74. The topological polar surface area (TPSA) is 66.7 Å². The molecule has 0 unspecified atom stereocenters. The third-order valence-corrected chi connectivity index (χ3v) is 5.74. The molecular weight excluding hydrogens is 364 g/mol. The van der Waals surface area contributed by atoms with Crippen LogP contribution in [0.15, 0.2) is 42.6 Å². The van der Waals surface area contributed by atoms with Crippen LogP contribution in [0.5, 0.6) is 0 Å². The Morgan fingerprint density at radius 2 is 1.72 bits per heavy atom. The van der Waals surface area contributed by atoms with E-state index in [2.05, 4.69) is 17.2 Å². The Bertz CT molecular complexity index is 1060. The van der Waals surface area contributed by atoms with Crippen molar-refractivity contribution in [2.75, 3.05) is 18.4 Å². The molecule has 0 bridgehead atoms. The second-order valence-electron chi connectivity index (χ2n) is 7.94. The number of benzene rings is 1. The molecule has 0 atom stereocenters. The van der Waals surface area contributed by atoms with Gasteiger partial charge in [0.05, 0.1) is 5.52 Å². The van der Waals surface area contributed by atoms with Crippen molar-refractivity contribution in [3.05, 3.63) is 65.2 Å². The maximum absolute atomic E-state index is 13.1. The predicted molar refractivity (Wildman–Crippen MR) is 113 cm³/mol. The fourth-order valence-corrected chi connectivity index (χ4v) is 3.90. The second-order valence-corrected chi connectivity index (χ2v) is 7.94. The lowest BCUT2D eigenvalue weighted by Crippen LogP contribution is -2.38. The Morgan fingerprint density at radius 3 is 2.41 bits per heavy atom. The molecule has 1 aliphatic heterocycles. The van der Waals surface area contributed by atoms with Crippen LogP contribution < -0.4 is 5.32 Å².